The van der Waals surface area contributed by atoms with E-state index in [1.165, 1.54) is 7.11 Å². The van der Waals surface area contributed by atoms with Gasteiger partial charge >= 0.3 is 0 Å². The van der Waals surface area contributed by atoms with Crippen LogP contribution in [-0.4, -0.2) is 28.0 Å². The van der Waals surface area contributed by atoms with Crippen molar-refractivity contribution in [1.29, 1.82) is 0 Å². The molecule has 0 aliphatic carbocycles. The van der Waals surface area contributed by atoms with Crippen molar-refractivity contribution in [2.75, 3.05) is 17.7 Å². The molecule has 2 heterocycles. The molecule has 3 aromatic rings. The molecule has 0 unspecified atom stereocenters. The molecule has 2 N–H and O–H groups in total. The Morgan fingerprint density at radius 1 is 1.21 bits per heavy atom. The number of halogens is 1. The first kappa shape index (κ1) is 19.6. The van der Waals surface area contributed by atoms with Gasteiger partial charge in [-0.05, 0) is 37.1 Å². The van der Waals surface area contributed by atoms with Crippen LogP contribution in [0.2, 0.25) is 5.02 Å². The molecule has 0 spiro atoms. The summed E-state index contributed by atoms with van der Waals surface area (Å²) >= 11 is 6.12. The molecule has 0 atom stereocenters. The highest BCUT2D eigenvalue weighted by atomic mass is 35.5. The maximum absolute atomic E-state index is 12.7. The third-order valence-electron chi connectivity index (χ3n) is 4.00. The number of ether oxygens (including phenoxy) is 1. The lowest BCUT2D eigenvalue weighted by molar-refractivity contribution is 0.102. The van der Waals surface area contributed by atoms with Gasteiger partial charge in [-0.1, -0.05) is 17.7 Å². The number of anilines is 2. The maximum Gasteiger partial charge on any atom is 0.274 e. The third kappa shape index (κ3) is 4.75. The zero-order chi connectivity index (χ0) is 20.1. The molecular formula is C20H20ClN5O2. The number of aromatic nitrogens is 3. The fourth-order valence-corrected chi connectivity index (χ4v) is 2.74. The molecule has 0 saturated heterocycles. The summed E-state index contributed by atoms with van der Waals surface area (Å²) in [6.45, 7) is 4.13. The Kier molecular flexibility index (Phi) is 6.06. The molecule has 28 heavy (non-hydrogen) atoms. The highest BCUT2D eigenvalue weighted by Gasteiger charge is 2.15. The van der Waals surface area contributed by atoms with Gasteiger partial charge in [-0.2, -0.15) is 0 Å². The number of carbonyl (C=O) groups is 1. The van der Waals surface area contributed by atoms with Gasteiger partial charge in [-0.25, -0.2) is 9.97 Å². The van der Waals surface area contributed by atoms with Gasteiger partial charge in [-0.3, -0.25) is 9.78 Å². The number of amides is 1. The minimum absolute atomic E-state index is 0.246. The standard InChI is InChI=1S/C20H20ClN5O2/c1-12-7-16(18(28-3)8-15(12)21)26-20(27)17-9-19(25-13(2)24-17)23-11-14-5-4-6-22-10-14/h4-10H,11H2,1-3H3,(H,26,27)(H,23,24,25). The zero-order valence-electron chi connectivity index (χ0n) is 15.8. The first-order valence-electron chi connectivity index (χ1n) is 8.60. The second-order valence-corrected chi connectivity index (χ2v) is 6.56. The van der Waals surface area contributed by atoms with Gasteiger partial charge in [0.15, 0.2) is 0 Å². The van der Waals surface area contributed by atoms with E-state index in [9.17, 15) is 4.79 Å². The van der Waals surface area contributed by atoms with Crippen LogP contribution in [0.4, 0.5) is 11.5 Å². The molecule has 7 nitrogen and oxygen atoms in total. The normalized spacial score (nSPS) is 10.4. The second-order valence-electron chi connectivity index (χ2n) is 6.16. The van der Waals surface area contributed by atoms with Crippen molar-refractivity contribution in [3.63, 3.8) is 0 Å². The molecule has 8 heteroatoms. The molecule has 0 radical (unpaired) electrons. The quantitative estimate of drug-likeness (QED) is 0.653. The van der Waals surface area contributed by atoms with Gasteiger partial charge in [0.25, 0.3) is 5.91 Å². The summed E-state index contributed by atoms with van der Waals surface area (Å²) in [5, 5.41) is 6.57. The monoisotopic (exact) mass is 397 g/mol. The SMILES string of the molecule is COc1cc(Cl)c(C)cc1NC(=O)c1cc(NCc2cccnc2)nc(C)n1. The molecule has 144 valence electrons. The van der Waals surface area contributed by atoms with Crippen LogP contribution in [0.5, 0.6) is 5.75 Å². The lowest BCUT2D eigenvalue weighted by atomic mass is 10.2. The predicted octanol–water partition coefficient (Wildman–Crippen LogP) is 4.01. The van der Waals surface area contributed by atoms with E-state index in [-0.39, 0.29) is 11.6 Å². The number of benzene rings is 1. The van der Waals surface area contributed by atoms with E-state index in [1.807, 2.05) is 19.1 Å². The molecule has 0 aliphatic heterocycles. The number of pyridine rings is 1. The van der Waals surface area contributed by atoms with Crippen molar-refractivity contribution >= 4 is 29.0 Å². The average Bonchev–Trinajstić information content (AvgIpc) is 2.69. The van der Waals surface area contributed by atoms with Crippen molar-refractivity contribution in [3.05, 3.63) is 70.4 Å². The summed E-state index contributed by atoms with van der Waals surface area (Å²) < 4.78 is 5.30. The number of rotatable bonds is 6. The van der Waals surface area contributed by atoms with Crippen LogP contribution in [0.3, 0.4) is 0 Å². The van der Waals surface area contributed by atoms with Crippen LogP contribution in [0.25, 0.3) is 0 Å². The van der Waals surface area contributed by atoms with Crippen LogP contribution in [0.15, 0.2) is 42.7 Å². The van der Waals surface area contributed by atoms with Crippen LogP contribution in [-0.2, 0) is 6.54 Å². The molecular weight excluding hydrogens is 378 g/mol. The molecule has 1 aromatic carbocycles. The Balaban J connectivity index is 1.79. The number of hydrogen-bond donors (Lipinski definition) is 2. The summed E-state index contributed by atoms with van der Waals surface area (Å²) in [4.78, 5) is 25.4. The van der Waals surface area contributed by atoms with Crippen molar-refractivity contribution in [2.45, 2.75) is 20.4 Å². The van der Waals surface area contributed by atoms with Crippen molar-refractivity contribution in [3.8, 4) is 5.75 Å². The molecule has 3 rings (SSSR count). The Bertz CT molecular complexity index is 995. The zero-order valence-corrected chi connectivity index (χ0v) is 16.5. The largest absolute Gasteiger partial charge is 0.495 e. The summed E-state index contributed by atoms with van der Waals surface area (Å²) in [7, 11) is 1.52. The van der Waals surface area contributed by atoms with E-state index >= 15 is 0 Å². The number of aryl methyl sites for hydroxylation is 2. The van der Waals surface area contributed by atoms with Gasteiger partial charge in [0.2, 0.25) is 0 Å². The van der Waals surface area contributed by atoms with Crippen LogP contribution < -0.4 is 15.4 Å². The van der Waals surface area contributed by atoms with Crippen molar-refractivity contribution in [1.82, 2.24) is 15.0 Å². The Labute approximate surface area is 168 Å². The van der Waals surface area contributed by atoms with Crippen molar-refractivity contribution < 1.29 is 9.53 Å². The number of carbonyl (C=O) groups excluding carboxylic acids is 1. The lowest BCUT2D eigenvalue weighted by Gasteiger charge is -2.13. The first-order chi connectivity index (χ1) is 13.5. The predicted molar refractivity (Wildman–Crippen MR) is 109 cm³/mol. The topological polar surface area (TPSA) is 89.0 Å². The van der Waals surface area contributed by atoms with Crippen LogP contribution in [0, 0.1) is 13.8 Å². The summed E-state index contributed by atoms with van der Waals surface area (Å²) in [5.74, 6) is 1.15. The number of nitrogens with zero attached hydrogens (tertiary/aromatic N) is 3. The average molecular weight is 398 g/mol. The number of hydrogen-bond acceptors (Lipinski definition) is 6. The minimum Gasteiger partial charge on any atom is -0.495 e. The molecule has 1 amide bonds. The fraction of sp³-hybridized carbons (Fsp3) is 0.200. The summed E-state index contributed by atoms with van der Waals surface area (Å²) in [6, 6.07) is 8.85. The summed E-state index contributed by atoms with van der Waals surface area (Å²) in [6.07, 6.45) is 3.48. The van der Waals surface area contributed by atoms with Gasteiger partial charge in [-0.15, -0.1) is 0 Å². The van der Waals surface area contributed by atoms with E-state index < -0.39 is 0 Å². The van der Waals surface area contributed by atoms with Crippen molar-refractivity contribution in [2.24, 2.45) is 0 Å². The van der Waals surface area contributed by atoms with E-state index in [0.29, 0.717) is 34.6 Å². The molecule has 0 aliphatic rings. The minimum atomic E-state index is -0.366. The molecule has 0 bridgehead atoms. The smallest absolute Gasteiger partial charge is 0.274 e. The van der Waals surface area contributed by atoms with E-state index in [1.54, 1.807) is 37.5 Å². The van der Waals surface area contributed by atoms with E-state index in [0.717, 1.165) is 11.1 Å². The first-order valence-corrected chi connectivity index (χ1v) is 8.98. The molecule has 2 aromatic heterocycles. The highest BCUT2D eigenvalue weighted by Crippen LogP contribution is 2.31. The second kappa shape index (κ2) is 8.67. The van der Waals surface area contributed by atoms with Gasteiger partial charge in [0.1, 0.15) is 23.1 Å². The summed E-state index contributed by atoms with van der Waals surface area (Å²) in [5.41, 5.74) is 2.60. The van der Waals surface area contributed by atoms with Gasteiger partial charge < -0.3 is 15.4 Å². The Morgan fingerprint density at radius 3 is 2.75 bits per heavy atom. The Hall–Kier alpha value is -3.19. The van der Waals surface area contributed by atoms with E-state index in [4.69, 9.17) is 16.3 Å². The Morgan fingerprint density at radius 2 is 2.04 bits per heavy atom. The van der Waals surface area contributed by atoms with Crippen LogP contribution >= 0.6 is 11.6 Å². The van der Waals surface area contributed by atoms with Crippen LogP contribution in [0.1, 0.15) is 27.4 Å². The van der Waals surface area contributed by atoms with Gasteiger partial charge in [0.05, 0.1) is 12.8 Å². The molecule has 0 fully saturated rings. The van der Waals surface area contributed by atoms with Gasteiger partial charge in [0, 0.05) is 36.1 Å². The number of nitrogens with one attached hydrogen (secondary N) is 2. The van der Waals surface area contributed by atoms with E-state index in [2.05, 4.69) is 25.6 Å². The number of methoxy groups -OCH3 is 1. The maximum atomic E-state index is 12.7. The lowest BCUT2D eigenvalue weighted by Crippen LogP contribution is -2.16. The highest BCUT2D eigenvalue weighted by molar-refractivity contribution is 6.31. The molecule has 0 saturated carbocycles. The fourth-order valence-electron chi connectivity index (χ4n) is 2.59. The third-order valence-corrected chi connectivity index (χ3v) is 4.40.